The van der Waals surface area contributed by atoms with Crippen LogP contribution in [0, 0.1) is 5.41 Å². The molecule has 1 saturated heterocycles. The van der Waals surface area contributed by atoms with Crippen LogP contribution in [0.5, 0.6) is 0 Å². The molecule has 0 amide bonds. The summed E-state index contributed by atoms with van der Waals surface area (Å²) in [5.74, 6) is -0.987. The van der Waals surface area contributed by atoms with E-state index in [2.05, 4.69) is 9.78 Å². The number of hydrogen-bond donors (Lipinski definition) is 0. The fourth-order valence-corrected chi connectivity index (χ4v) is 1.88. The molecule has 1 aliphatic heterocycles. The maximum Gasteiger partial charge on any atom is 0.372 e. The molecule has 1 spiro atoms. The van der Waals surface area contributed by atoms with Crippen molar-refractivity contribution in [1.29, 1.82) is 0 Å². The van der Waals surface area contributed by atoms with E-state index in [0.29, 0.717) is 12.8 Å². The van der Waals surface area contributed by atoms with Crippen molar-refractivity contribution in [3.8, 4) is 0 Å². The van der Waals surface area contributed by atoms with E-state index in [4.69, 9.17) is 0 Å². The Hall–Kier alpha value is -1.06. The first-order chi connectivity index (χ1) is 5.76. The quantitative estimate of drug-likeness (QED) is 0.401. The van der Waals surface area contributed by atoms with Crippen LogP contribution >= 0.6 is 0 Å². The van der Waals surface area contributed by atoms with Crippen molar-refractivity contribution in [3.63, 3.8) is 0 Å². The third kappa shape index (κ3) is 0.838. The molecule has 1 saturated carbocycles. The van der Waals surface area contributed by atoms with Crippen LogP contribution in [-0.4, -0.2) is 11.9 Å². The highest BCUT2D eigenvalue weighted by Crippen LogP contribution is 2.41. The Labute approximate surface area is 69.8 Å². The minimum atomic E-state index is -0.932. The SMILES string of the molecule is O=C1OOC(=O)C12CCCCC2. The molecule has 0 N–H and O–H groups in total. The second-order valence-electron chi connectivity index (χ2n) is 3.38. The highest BCUT2D eigenvalue weighted by Gasteiger charge is 2.55. The van der Waals surface area contributed by atoms with Crippen molar-refractivity contribution >= 4 is 11.9 Å². The van der Waals surface area contributed by atoms with Crippen LogP contribution in [0.4, 0.5) is 0 Å². The molecule has 2 aliphatic rings. The van der Waals surface area contributed by atoms with Crippen molar-refractivity contribution in [2.75, 3.05) is 0 Å². The molecule has 0 radical (unpaired) electrons. The van der Waals surface area contributed by atoms with Gasteiger partial charge in [-0.2, -0.15) is 0 Å². The van der Waals surface area contributed by atoms with Gasteiger partial charge in [-0.1, -0.05) is 19.3 Å². The van der Waals surface area contributed by atoms with Gasteiger partial charge in [0.15, 0.2) is 5.41 Å². The van der Waals surface area contributed by atoms with Crippen LogP contribution in [0.1, 0.15) is 32.1 Å². The maximum absolute atomic E-state index is 11.2. The fourth-order valence-electron chi connectivity index (χ4n) is 1.88. The average Bonchev–Trinajstić information content (AvgIpc) is 2.36. The van der Waals surface area contributed by atoms with Gasteiger partial charge >= 0.3 is 11.9 Å². The molecule has 0 atom stereocenters. The lowest BCUT2D eigenvalue weighted by molar-refractivity contribution is -0.235. The predicted octanol–water partition coefficient (Wildman–Crippen LogP) is 0.952. The molecule has 12 heavy (non-hydrogen) atoms. The van der Waals surface area contributed by atoms with Gasteiger partial charge in [0.25, 0.3) is 0 Å². The first kappa shape index (κ1) is 7.58. The van der Waals surface area contributed by atoms with Crippen LogP contribution in [0.15, 0.2) is 0 Å². The van der Waals surface area contributed by atoms with E-state index in [-0.39, 0.29) is 0 Å². The Morgan fingerprint density at radius 1 is 0.917 bits per heavy atom. The zero-order valence-corrected chi connectivity index (χ0v) is 6.67. The Morgan fingerprint density at radius 2 is 1.42 bits per heavy atom. The molecule has 2 rings (SSSR count). The molecular formula is C8H10O4. The summed E-state index contributed by atoms with van der Waals surface area (Å²) < 4.78 is 0. The van der Waals surface area contributed by atoms with E-state index in [1.807, 2.05) is 0 Å². The normalized spacial score (nSPS) is 27.0. The fraction of sp³-hybridized carbons (Fsp3) is 0.750. The van der Waals surface area contributed by atoms with E-state index < -0.39 is 17.4 Å². The molecule has 2 fully saturated rings. The zero-order valence-electron chi connectivity index (χ0n) is 6.67. The van der Waals surface area contributed by atoms with E-state index in [1.165, 1.54) is 0 Å². The number of carbonyl (C=O) groups is 2. The van der Waals surface area contributed by atoms with E-state index in [1.54, 1.807) is 0 Å². The largest absolute Gasteiger partial charge is 0.372 e. The molecule has 0 bridgehead atoms. The van der Waals surface area contributed by atoms with Gasteiger partial charge in [0.1, 0.15) is 0 Å². The van der Waals surface area contributed by atoms with Gasteiger partial charge in [0, 0.05) is 0 Å². The van der Waals surface area contributed by atoms with Crippen LogP contribution < -0.4 is 0 Å². The van der Waals surface area contributed by atoms with Crippen molar-refractivity contribution in [2.45, 2.75) is 32.1 Å². The van der Waals surface area contributed by atoms with E-state index in [0.717, 1.165) is 19.3 Å². The molecule has 0 aromatic rings. The second kappa shape index (κ2) is 2.47. The minimum absolute atomic E-state index is 0.493. The summed E-state index contributed by atoms with van der Waals surface area (Å²) in [5, 5.41) is 0. The highest BCUT2D eigenvalue weighted by molar-refractivity contribution is 6.02. The van der Waals surface area contributed by atoms with Crippen molar-refractivity contribution < 1.29 is 19.4 Å². The van der Waals surface area contributed by atoms with Gasteiger partial charge < -0.3 is 0 Å². The van der Waals surface area contributed by atoms with Crippen LogP contribution in [0.3, 0.4) is 0 Å². The Kier molecular flexibility index (Phi) is 1.56. The standard InChI is InChI=1S/C8H10O4/c9-6-8(7(10)12-11-6)4-2-1-3-5-8/h1-5H2. The van der Waals surface area contributed by atoms with E-state index in [9.17, 15) is 9.59 Å². The Morgan fingerprint density at radius 3 is 1.92 bits per heavy atom. The first-order valence-electron chi connectivity index (χ1n) is 4.19. The zero-order chi connectivity index (χ0) is 8.60. The Balaban J connectivity index is 2.26. The predicted molar refractivity (Wildman–Crippen MR) is 37.7 cm³/mol. The summed E-state index contributed by atoms with van der Waals surface area (Å²) in [6.07, 6.45) is 4.08. The lowest BCUT2D eigenvalue weighted by Crippen LogP contribution is -2.35. The third-order valence-corrected chi connectivity index (χ3v) is 2.68. The van der Waals surface area contributed by atoms with Crippen LogP contribution in [0.25, 0.3) is 0 Å². The van der Waals surface area contributed by atoms with Gasteiger partial charge in [-0.05, 0) is 12.8 Å². The second-order valence-corrected chi connectivity index (χ2v) is 3.38. The van der Waals surface area contributed by atoms with Gasteiger partial charge in [-0.15, -0.1) is 0 Å². The lowest BCUT2D eigenvalue weighted by Gasteiger charge is -2.23. The molecule has 0 unspecified atom stereocenters. The summed E-state index contributed by atoms with van der Waals surface area (Å²) in [7, 11) is 0. The van der Waals surface area contributed by atoms with Crippen molar-refractivity contribution in [3.05, 3.63) is 0 Å². The van der Waals surface area contributed by atoms with Gasteiger partial charge in [-0.25, -0.2) is 19.4 Å². The summed E-state index contributed by atoms with van der Waals surface area (Å²) >= 11 is 0. The van der Waals surface area contributed by atoms with Crippen molar-refractivity contribution in [2.24, 2.45) is 5.41 Å². The van der Waals surface area contributed by atoms with E-state index >= 15 is 0 Å². The van der Waals surface area contributed by atoms with Crippen LogP contribution in [-0.2, 0) is 19.4 Å². The van der Waals surface area contributed by atoms with Gasteiger partial charge in [0.05, 0.1) is 0 Å². The molecule has 4 heteroatoms. The summed E-state index contributed by atoms with van der Waals surface area (Å²) in [6.45, 7) is 0. The molecule has 66 valence electrons. The monoisotopic (exact) mass is 170 g/mol. The van der Waals surface area contributed by atoms with Crippen LogP contribution in [0.2, 0.25) is 0 Å². The van der Waals surface area contributed by atoms with Crippen molar-refractivity contribution in [1.82, 2.24) is 0 Å². The molecule has 0 aromatic heterocycles. The molecule has 1 heterocycles. The molecule has 1 aliphatic carbocycles. The minimum Gasteiger partial charge on any atom is -0.246 e. The topological polar surface area (TPSA) is 52.6 Å². The lowest BCUT2D eigenvalue weighted by atomic mass is 9.74. The van der Waals surface area contributed by atoms with Gasteiger partial charge in [0.2, 0.25) is 0 Å². The van der Waals surface area contributed by atoms with Gasteiger partial charge in [-0.3, -0.25) is 0 Å². The number of hydrogen-bond acceptors (Lipinski definition) is 4. The average molecular weight is 170 g/mol. The molecule has 0 aromatic carbocycles. The third-order valence-electron chi connectivity index (χ3n) is 2.68. The Bertz CT molecular complexity index is 209. The molecular weight excluding hydrogens is 160 g/mol. The molecule has 4 nitrogen and oxygen atoms in total. The summed E-state index contributed by atoms with van der Waals surface area (Å²) in [5.41, 5.74) is -0.932. The summed E-state index contributed by atoms with van der Waals surface area (Å²) in [4.78, 5) is 30.9. The number of rotatable bonds is 0. The first-order valence-corrected chi connectivity index (χ1v) is 4.19. The number of carbonyl (C=O) groups excluding carboxylic acids is 2. The highest BCUT2D eigenvalue weighted by atomic mass is 17.2. The maximum atomic E-state index is 11.2. The smallest absolute Gasteiger partial charge is 0.246 e. The summed E-state index contributed by atoms with van der Waals surface area (Å²) in [6, 6.07) is 0.